The Morgan fingerprint density at radius 3 is 2.48 bits per heavy atom. The molecule has 0 atom stereocenters. The third-order valence-electron chi connectivity index (χ3n) is 3.08. The molecule has 0 saturated heterocycles. The van der Waals surface area contributed by atoms with Gasteiger partial charge in [-0.1, -0.05) is 54.1 Å². The summed E-state index contributed by atoms with van der Waals surface area (Å²) in [5.74, 6) is 0.0866. The lowest BCUT2D eigenvalue weighted by Crippen LogP contribution is -2.03. The molecule has 2 nitrogen and oxygen atoms in total. The number of ketones is 1. The molecule has 0 aliphatic heterocycles. The molecule has 0 bridgehead atoms. The molecule has 2 aromatic carbocycles. The number of benzene rings is 2. The molecule has 0 spiro atoms. The van der Waals surface area contributed by atoms with Crippen LogP contribution in [0.3, 0.4) is 0 Å². The van der Waals surface area contributed by atoms with Crippen LogP contribution in [0, 0.1) is 0 Å². The van der Waals surface area contributed by atoms with Gasteiger partial charge >= 0.3 is 0 Å². The van der Waals surface area contributed by atoms with E-state index in [1.807, 2.05) is 60.0 Å². The van der Waals surface area contributed by atoms with Gasteiger partial charge in [0, 0.05) is 21.5 Å². The highest BCUT2D eigenvalue weighted by molar-refractivity contribution is 7.13. The second-order valence-corrected chi connectivity index (χ2v) is 5.91. The number of carbonyl (C=O) groups excluding carboxylic acids is 1. The van der Waals surface area contributed by atoms with Gasteiger partial charge in [-0.05, 0) is 12.1 Å². The molecule has 21 heavy (non-hydrogen) atoms. The van der Waals surface area contributed by atoms with E-state index < -0.39 is 0 Å². The van der Waals surface area contributed by atoms with Crippen LogP contribution in [-0.4, -0.2) is 10.8 Å². The first-order valence-corrected chi connectivity index (χ1v) is 7.77. The first-order chi connectivity index (χ1) is 10.2. The quantitative estimate of drug-likeness (QED) is 0.642. The minimum Gasteiger partial charge on any atom is -0.294 e. The van der Waals surface area contributed by atoms with Gasteiger partial charge < -0.3 is 0 Å². The lowest BCUT2D eigenvalue weighted by atomic mass is 10.1. The van der Waals surface area contributed by atoms with Gasteiger partial charge in [-0.2, -0.15) is 0 Å². The van der Waals surface area contributed by atoms with E-state index >= 15 is 0 Å². The zero-order chi connectivity index (χ0) is 14.7. The smallest absolute Gasteiger partial charge is 0.168 e. The zero-order valence-corrected chi connectivity index (χ0v) is 12.7. The monoisotopic (exact) mass is 313 g/mol. The molecule has 1 aromatic heterocycles. The fraction of sp³-hybridized carbons (Fsp3) is 0.0588. The number of hydrogen-bond donors (Lipinski definition) is 0. The van der Waals surface area contributed by atoms with Crippen molar-refractivity contribution < 1.29 is 4.79 Å². The van der Waals surface area contributed by atoms with Crippen molar-refractivity contribution in [3.63, 3.8) is 0 Å². The summed E-state index contributed by atoms with van der Waals surface area (Å²) in [5, 5.41) is 3.54. The molecule has 104 valence electrons. The lowest BCUT2D eigenvalue weighted by Gasteiger charge is -1.98. The van der Waals surface area contributed by atoms with E-state index in [-0.39, 0.29) is 5.78 Å². The van der Waals surface area contributed by atoms with Crippen LogP contribution in [-0.2, 0) is 6.42 Å². The summed E-state index contributed by atoms with van der Waals surface area (Å²) in [6.07, 6.45) is 0.327. The summed E-state index contributed by atoms with van der Waals surface area (Å²) in [6.45, 7) is 0. The first-order valence-electron chi connectivity index (χ1n) is 6.51. The van der Waals surface area contributed by atoms with E-state index in [1.165, 1.54) is 11.3 Å². The minimum absolute atomic E-state index is 0.0866. The van der Waals surface area contributed by atoms with Crippen molar-refractivity contribution >= 4 is 28.7 Å². The van der Waals surface area contributed by atoms with Gasteiger partial charge in [0.25, 0.3) is 0 Å². The van der Waals surface area contributed by atoms with E-state index in [1.54, 1.807) is 0 Å². The largest absolute Gasteiger partial charge is 0.294 e. The Morgan fingerprint density at radius 2 is 1.76 bits per heavy atom. The van der Waals surface area contributed by atoms with Gasteiger partial charge in [0.15, 0.2) is 5.78 Å². The van der Waals surface area contributed by atoms with Crippen LogP contribution in [0.2, 0.25) is 5.02 Å². The maximum Gasteiger partial charge on any atom is 0.168 e. The molecule has 0 aliphatic rings. The second kappa shape index (κ2) is 6.20. The standard InChI is InChI=1S/C17H12ClNOS/c18-14-8-6-13(7-9-14)17-19-15(11-21-17)10-16(20)12-4-2-1-3-5-12/h1-9,11H,10H2. The van der Waals surface area contributed by atoms with Crippen molar-refractivity contribution in [2.45, 2.75) is 6.42 Å². The molecule has 0 radical (unpaired) electrons. The summed E-state index contributed by atoms with van der Waals surface area (Å²) in [6, 6.07) is 16.8. The number of thiazole rings is 1. The van der Waals surface area contributed by atoms with Crippen molar-refractivity contribution in [3.8, 4) is 10.6 Å². The predicted octanol–water partition coefficient (Wildman–Crippen LogP) is 4.89. The Labute approximate surface area is 132 Å². The summed E-state index contributed by atoms with van der Waals surface area (Å²) >= 11 is 7.42. The van der Waals surface area contributed by atoms with E-state index in [9.17, 15) is 4.79 Å². The van der Waals surface area contributed by atoms with Crippen LogP contribution in [0.1, 0.15) is 16.1 Å². The summed E-state index contributed by atoms with van der Waals surface area (Å²) in [5.41, 5.74) is 2.54. The molecule has 4 heteroatoms. The highest BCUT2D eigenvalue weighted by Gasteiger charge is 2.10. The molecular weight excluding hydrogens is 302 g/mol. The zero-order valence-electron chi connectivity index (χ0n) is 11.1. The van der Waals surface area contributed by atoms with Crippen LogP contribution in [0.5, 0.6) is 0 Å². The molecule has 0 fully saturated rings. The average molecular weight is 314 g/mol. The third-order valence-corrected chi connectivity index (χ3v) is 4.27. The molecule has 3 rings (SSSR count). The Bertz CT molecular complexity index is 750. The molecule has 0 amide bonds. The van der Waals surface area contributed by atoms with Gasteiger partial charge in [0.2, 0.25) is 0 Å². The van der Waals surface area contributed by atoms with E-state index in [0.717, 1.165) is 21.8 Å². The Kier molecular flexibility index (Phi) is 4.13. The fourth-order valence-corrected chi connectivity index (χ4v) is 2.96. The van der Waals surface area contributed by atoms with Crippen LogP contribution >= 0.6 is 22.9 Å². The van der Waals surface area contributed by atoms with Crippen molar-refractivity contribution in [1.29, 1.82) is 0 Å². The molecule has 0 N–H and O–H groups in total. The summed E-state index contributed by atoms with van der Waals surface area (Å²) in [7, 11) is 0. The topological polar surface area (TPSA) is 30.0 Å². The molecule has 1 heterocycles. The van der Waals surface area contributed by atoms with Gasteiger partial charge in [0.05, 0.1) is 12.1 Å². The van der Waals surface area contributed by atoms with Crippen molar-refractivity contribution in [1.82, 2.24) is 4.98 Å². The normalized spacial score (nSPS) is 10.5. The van der Waals surface area contributed by atoms with Crippen LogP contribution in [0.4, 0.5) is 0 Å². The summed E-state index contributed by atoms with van der Waals surface area (Å²) < 4.78 is 0. The first kappa shape index (κ1) is 14.0. The number of halogens is 1. The number of hydrogen-bond acceptors (Lipinski definition) is 3. The van der Waals surface area contributed by atoms with Crippen molar-refractivity contribution in [2.24, 2.45) is 0 Å². The molecule has 3 aromatic rings. The highest BCUT2D eigenvalue weighted by Crippen LogP contribution is 2.25. The fourth-order valence-electron chi connectivity index (χ4n) is 2.00. The van der Waals surface area contributed by atoms with Crippen molar-refractivity contribution in [2.75, 3.05) is 0 Å². The van der Waals surface area contributed by atoms with Gasteiger partial charge in [-0.25, -0.2) is 4.98 Å². The minimum atomic E-state index is 0.0866. The van der Waals surface area contributed by atoms with E-state index in [0.29, 0.717) is 11.4 Å². The lowest BCUT2D eigenvalue weighted by molar-refractivity contribution is 0.0992. The van der Waals surface area contributed by atoms with Crippen molar-refractivity contribution in [3.05, 3.63) is 76.3 Å². The number of carbonyl (C=O) groups is 1. The Hall–Kier alpha value is -1.97. The van der Waals surface area contributed by atoms with Crippen LogP contribution in [0.25, 0.3) is 10.6 Å². The van der Waals surface area contributed by atoms with Gasteiger partial charge in [-0.15, -0.1) is 11.3 Å². The Balaban J connectivity index is 1.76. The average Bonchev–Trinajstić information content (AvgIpc) is 2.97. The second-order valence-electron chi connectivity index (χ2n) is 4.62. The van der Waals surface area contributed by atoms with Gasteiger partial charge in [-0.3, -0.25) is 4.79 Å². The molecule has 0 unspecified atom stereocenters. The third kappa shape index (κ3) is 3.38. The van der Waals surface area contributed by atoms with E-state index in [4.69, 9.17) is 11.6 Å². The number of nitrogens with zero attached hydrogens (tertiary/aromatic N) is 1. The predicted molar refractivity (Wildman–Crippen MR) is 87.0 cm³/mol. The SMILES string of the molecule is O=C(Cc1csc(-c2ccc(Cl)cc2)n1)c1ccccc1. The Morgan fingerprint density at radius 1 is 1.05 bits per heavy atom. The summed E-state index contributed by atoms with van der Waals surface area (Å²) in [4.78, 5) is 16.7. The maximum atomic E-state index is 12.2. The molecule has 0 aliphatic carbocycles. The van der Waals surface area contributed by atoms with E-state index in [2.05, 4.69) is 4.98 Å². The van der Waals surface area contributed by atoms with Crippen LogP contribution in [0.15, 0.2) is 60.0 Å². The molecular formula is C17H12ClNOS. The number of aromatic nitrogens is 1. The maximum absolute atomic E-state index is 12.2. The molecule has 0 saturated carbocycles. The van der Waals surface area contributed by atoms with Gasteiger partial charge in [0.1, 0.15) is 5.01 Å². The van der Waals surface area contributed by atoms with Crippen LogP contribution < -0.4 is 0 Å². The number of rotatable bonds is 4. The highest BCUT2D eigenvalue weighted by atomic mass is 35.5. The number of Topliss-reactive ketones (excluding diaryl/α,β-unsaturated/α-hetero) is 1.